The molecule has 0 aliphatic heterocycles. The van der Waals surface area contributed by atoms with Crippen molar-refractivity contribution in [1.29, 1.82) is 0 Å². The van der Waals surface area contributed by atoms with Gasteiger partial charge in [0.1, 0.15) is 6.29 Å². The molecule has 1 aromatic heterocycles. The average molecular weight is 153 g/mol. The van der Waals surface area contributed by atoms with Crippen molar-refractivity contribution in [3.8, 4) is 0 Å². The van der Waals surface area contributed by atoms with Crippen LogP contribution in [0.1, 0.15) is 5.56 Å². The predicted octanol–water partition coefficient (Wildman–Crippen LogP) is 1.25. The second-order valence-electron chi connectivity index (χ2n) is 1.77. The van der Waals surface area contributed by atoms with Gasteiger partial charge in [0.25, 0.3) is 0 Å². The molecule has 0 aliphatic carbocycles. The zero-order valence-electron chi connectivity index (χ0n) is 5.28. The summed E-state index contributed by atoms with van der Waals surface area (Å²) < 4.78 is 0. The molecule has 0 amide bonds. The molecule has 0 unspecified atom stereocenters. The van der Waals surface area contributed by atoms with Gasteiger partial charge in [-0.2, -0.15) is 11.3 Å². The number of thiophene rings is 1. The lowest BCUT2D eigenvalue weighted by molar-refractivity contribution is -0.104. The number of rotatable bonds is 2. The van der Waals surface area contributed by atoms with Crippen molar-refractivity contribution in [3.63, 3.8) is 0 Å². The van der Waals surface area contributed by atoms with Crippen molar-refractivity contribution in [3.05, 3.63) is 28.5 Å². The summed E-state index contributed by atoms with van der Waals surface area (Å²) in [6.07, 6.45) is 2.04. The molecule has 0 saturated carbocycles. The molecule has 2 nitrogen and oxygen atoms in total. The lowest BCUT2D eigenvalue weighted by Crippen LogP contribution is -1.93. The highest BCUT2D eigenvalue weighted by Crippen LogP contribution is 2.11. The molecule has 0 aliphatic rings. The van der Waals surface area contributed by atoms with Gasteiger partial charge in [0.05, 0.1) is 0 Å². The topological polar surface area (TPSA) is 43.1 Å². The first-order valence-corrected chi connectivity index (χ1v) is 3.72. The number of carbonyl (C=O) groups is 1. The predicted molar refractivity (Wildman–Crippen MR) is 42.5 cm³/mol. The van der Waals surface area contributed by atoms with E-state index in [1.165, 1.54) is 6.08 Å². The Balaban J connectivity index is 2.86. The minimum atomic E-state index is 0.524. The number of allylic oxidation sites excluding steroid dienone is 1. The molecule has 3 heteroatoms. The van der Waals surface area contributed by atoms with Crippen LogP contribution in [0, 0.1) is 0 Å². The minimum absolute atomic E-state index is 0.524. The quantitative estimate of drug-likeness (QED) is 0.513. The van der Waals surface area contributed by atoms with E-state index in [2.05, 4.69) is 0 Å². The highest BCUT2D eigenvalue weighted by Gasteiger charge is 1.93. The fourth-order valence-electron chi connectivity index (χ4n) is 0.598. The highest BCUT2D eigenvalue weighted by atomic mass is 32.1. The first-order valence-electron chi connectivity index (χ1n) is 2.78. The third-order valence-corrected chi connectivity index (χ3v) is 1.79. The largest absolute Gasteiger partial charge is 0.398 e. The van der Waals surface area contributed by atoms with E-state index in [0.29, 0.717) is 12.0 Å². The third-order valence-electron chi connectivity index (χ3n) is 1.10. The smallest absolute Gasteiger partial charge is 0.144 e. The normalized spacial score (nSPS) is 11.4. The molecule has 2 N–H and O–H groups in total. The fourth-order valence-corrected chi connectivity index (χ4v) is 1.26. The summed E-state index contributed by atoms with van der Waals surface area (Å²) in [6, 6.07) is 1.88. The standard InChI is InChI=1S/C7H7NOS/c8-7(1-3-9)6-2-4-10-5-6/h1-5H,8H2/b7-1+. The van der Waals surface area contributed by atoms with Gasteiger partial charge in [-0.25, -0.2) is 0 Å². The van der Waals surface area contributed by atoms with Crippen molar-refractivity contribution >= 4 is 23.3 Å². The Labute approximate surface area is 63.0 Å². The summed E-state index contributed by atoms with van der Waals surface area (Å²) >= 11 is 1.56. The second-order valence-corrected chi connectivity index (χ2v) is 2.55. The van der Waals surface area contributed by atoms with Crippen LogP contribution in [0.25, 0.3) is 5.70 Å². The van der Waals surface area contributed by atoms with E-state index in [0.717, 1.165) is 5.56 Å². The van der Waals surface area contributed by atoms with Crippen LogP contribution in [0.3, 0.4) is 0 Å². The molecule has 0 fully saturated rings. The van der Waals surface area contributed by atoms with Crippen molar-refractivity contribution in [2.75, 3.05) is 0 Å². The van der Waals surface area contributed by atoms with Gasteiger partial charge in [-0.15, -0.1) is 0 Å². The molecule has 0 aromatic carbocycles. The molecular formula is C7H7NOS. The number of carbonyl (C=O) groups excluding carboxylic acids is 1. The van der Waals surface area contributed by atoms with Crippen molar-refractivity contribution in [2.24, 2.45) is 5.73 Å². The summed E-state index contributed by atoms with van der Waals surface area (Å²) in [5, 5.41) is 3.82. The molecule has 52 valence electrons. The van der Waals surface area contributed by atoms with Crippen molar-refractivity contribution < 1.29 is 4.79 Å². The van der Waals surface area contributed by atoms with Crippen LogP contribution in [-0.4, -0.2) is 6.29 Å². The number of hydrogen-bond acceptors (Lipinski definition) is 3. The first kappa shape index (κ1) is 7.02. The lowest BCUT2D eigenvalue weighted by Gasteiger charge is -1.91. The minimum Gasteiger partial charge on any atom is -0.398 e. The number of hydrogen-bond donors (Lipinski definition) is 1. The van der Waals surface area contributed by atoms with E-state index in [1.807, 2.05) is 16.8 Å². The first-order chi connectivity index (χ1) is 4.84. The fraction of sp³-hybridized carbons (Fsp3) is 0. The molecule has 10 heavy (non-hydrogen) atoms. The van der Waals surface area contributed by atoms with E-state index >= 15 is 0 Å². The Hall–Kier alpha value is -1.09. The number of aldehydes is 1. The number of nitrogens with two attached hydrogens (primary N) is 1. The zero-order chi connectivity index (χ0) is 7.40. The van der Waals surface area contributed by atoms with Gasteiger partial charge in [-0.05, 0) is 16.8 Å². The van der Waals surface area contributed by atoms with Gasteiger partial charge in [-0.1, -0.05) is 0 Å². The second kappa shape index (κ2) is 3.17. The average Bonchev–Trinajstić information content (AvgIpc) is 2.38. The van der Waals surface area contributed by atoms with Crippen molar-refractivity contribution in [2.45, 2.75) is 0 Å². The van der Waals surface area contributed by atoms with Crippen LogP contribution >= 0.6 is 11.3 Å². The Bertz CT molecular complexity index is 238. The van der Waals surface area contributed by atoms with Gasteiger partial charge in [0.15, 0.2) is 0 Å². The third kappa shape index (κ3) is 1.45. The van der Waals surface area contributed by atoms with E-state index in [9.17, 15) is 4.79 Å². The highest BCUT2D eigenvalue weighted by molar-refractivity contribution is 7.08. The Morgan fingerprint density at radius 2 is 2.50 bits per heavy atom. The van der Waals surface area contributed by atoms with Gasteiger partial charge in [0.2, 0.25) is 0 Å². The maximum absolute atomic E-state index is 9.96. The van der Waals surface area contributed by atoms with E-state index < -0.39 is 0 Å². The Kier molecular flexibility index (Phi) is 2.23. The molecule has 1 heterocycles. The van der Waals surface area contributed by atoms with Crippen LogP contribution in [0.5, 0.6) is 0 Å². The Morgan fingerprint density at radius 3 is 3.00 bits per heavy atom. The van der Waals surface area contributed by atoms with Crippen LogP contribution in [0.15, 0.2) is 22.9 Å². The van der Waals surface area contributed by atoms with Gasteiger partial charge in [0, 0.05) is 17.3 Å². The molecule has 1 rings (SSSR count). The van der Waals surface area contributed by atoms with Gasteiger partial charge >= 0.3 is 0 Å². The van der Waals surface area contributed by atoms with Crippen LogP contribution in [0.2, 0.25) is 0 Å². The monoisotopic (exact) mass is 153 g/mol. The summed E-state index contributed by atoms with van der Waals surface area (Å²) in [5.74, 6) is 0. The lowest BCUT2D eigenvalue weighted by atomic mass is 10.2. The molecule has 0 bridgehead atoms. The zero-order valence-corrected chi connectivity index (χ0v) is 6.10. The van der Waals surface area contributed by atoms with Gasteiger partial charge in [-0.3, -0.25) is 4.79 Å². The summed E-state index contributed by atoms with van der Waals surface area (Å²) in [5.41, 5.74) is 6.92. The molecule has 0 saturated heterocycles. The van der Waals surface area contributed by atoms with Crippen LogP contribution in [0.4, 0.5) is 0 Å². The van der Waals surface area contributed by atoms with Crippen molar-refractivity contribution in [1.82, 2.24) is 0 Å². The molecular weight excluding hydrogens is 146 g/mol. The molecule has 1 aromatic rings. The van der Waals surface area contributed by atoms with E-state index in [1.54, 1.807) is 11.3 Å². The summed E-state index contributed by atoms with van der Waals surface area (Å²) in [4.78, 5) is 9.96. The van der Waals surface area contributed by atoms with E-state index in [-0.39, 0.29) is 0 Å². The SMILES string of the molecule is N/C(=C/C=O)c1ccsc1. The maximum atomic E-state index is 9.96. The van der Waals surface area contributed by atoms with Crippen LogP contribution in [-0.2, 0) is 4.79 Å². The molecule has 0 spiro atoms. The Morgan fingerprint density at radius 1 is 1.70 bits per heavy atom. The van der Waals surface area contributed by atoms with Crippen LogP contribution < -0.4 is 5.73 Å². The molecule has 0 atom stereocenters. The van der Waals surface area contributed by atoms with Gasteiger partial charge < -0.3 is 5.73 Å². The summed E-state index contributed by atoms with van der Waals surface area (Å²) in [6.45, 7) is 0. The maximum Gasteiger partial charge on any atom is 0.144 e. The molecule has 0 radical (unpaired) electrons. The van der Waals surface area contributed by atoms with E-state index in [4.69, 9.17) is 5.73 Å². The summed E-state index contributed by atoms with van der Waals surface area (Å²) in [7, 11) is 0.